The fourth-order valence-corrected chi connectivity index (χ4v) is 5.79. The number of hydrogen-bond acceptors (Lipinski definition) is 7. The first-order valence-electron chi connectivity index (χ1n) is 12.3. The summed E-state index contributed by atoms with van der Waals surface area (Å²) in [7, 11) is 0.544. The van der Waals surface area contributed by atoms with Crippen molar-refractivity contribution in [2.45, 2.75) is 11.4 Å². The molecule has 9 nitrogen and oxygen atoms in total. The van der Waals surface area contributed by atoms with Crippen LogP contribution in [-0.4, -0.2) is 77.6 Å². The number of sulfonamides is 1. The van der Waals surface area contributed by atoms with Gasteiger partial charge in [-0.05, 0) is 42.0 Å². The van der Waals surface area contributed by atoms with Crippen molar-refractivity contribution < 1.29 is 27.4 Å². The van der Waals surface area contributed by atoms with Crippen LogP contribution in [0.1, 0.15) is 5.56 Å². The molecule has 10 heteroatoms. The first kappa shape index (κ1) is 27.3. The Morgan fingerprint density at radius 2 is 1.47 bits per heavy atom. The molecule has 3 aromatic carbocycles. The quantitative estimate of drug-likeness (QED) is 0.391. The molecule has 4 rings (SSSR count). The van der Waals surface area contributed by atoms with Gasteiger partial charge in [-0.25, -0.2) is 8.42 Å². The van der Waals surface area contributed by atoms with E-state index in [4.69, 9.17) is 14.2 Å². The Morgan fingerprint density at radius 3 is 2.08 bits per heavy atom. The second kappa shape index (κ2) is 12.2. The predicted molar refractivity (Wildman–Crippen MR) is 145 cm³/mol. The Labute approximate surface area is 224 Å². The van der Waals surface area contributed by atoms with Crippen LogP contribution in [0.4, 0.5) is 5.69 Å². The van der Waals surface area contributed by atoms with Crippen molar-refractivity contribution in [1.29, 1.82) is 0 Å². The number of piperazine rings is 1. The summed E-state index contributed by atoms with van der Waals surface area (Å²) < 4.78 is 44.5. The fourth-order valence-electron chi connectivity index (χ4n) is 4.40. The summed E-state index contributed by atoms with van der Waals surface area (Å²) in [6.45, 7) is 2.10. The van der Waals surface area contributed by atoms with Gasteiger partial charge in [-0.2, -0.15) is 4.31 Å². The van der Waals surface area contributed by atoms with E-state index < -0.39 is 10.0 Å². The van der Waals surface area contributed by atoms with Crippen molar-refractivity contribution in [3.05, 3.63) is 78.4 Å². The highest BCUT2D eigenvalue weighted by Gasteiger charge is 2.31. The van der Waals surface area contributed by atoms with Crippen LogP contribution in [0, 0.1) is 0 Å². The molecule has 1 aliphatic rings. The zero-order chi connectivity index (χ0) is 27.1. The van der Waals surface area contributed by atoms with E-state index in [1.54, 1.807) is 18.1 Å². The monoisotopic (exact) mass is 539 g/mol. The average molecular weight is 540 g/mol. The number of ether oxygens (including phenoxy) is 3. The van der Waals surface area contributed by atoms with E-state index in [1.807, 2.05) is 54.6 Å². The normalized spacial score (nSPS) is 13.9. The summed E-state index contributed by atoms with van der Waals surface area (Å²) in [4.78, 5) is 17.3. The number of rotatable bonds is 10. The largest absolute Gasteiger partial charge is 0.497 e. The van der Waals surface area contributed by atoms with Gasteiger partial charge in [-0.1, -0.05) is 30.3 Å². The van der Waals surface area contributed by atoms with Gasteiger partial charge in [0.2, 0.25) is 15.9 Å². The van der Waals surface area contributed by atoms with Gasteiger partial charge in [-0.3, -0.25) is 4.79 Å². The number of carbonyl (C=O) groups excluding carboxylic acids is 1. The maximum absolute atomic E-state index is 13.8. The van der Waals surface area contributed by atoms with Crippen molar-refractivity contribution in [3.8, 4) is 17.2 Å². The topological polar surface area (TPSA) is 88.6 Å². The van der Waals surface area contributed by atoms with Crippen LogP contribution in [0.15, 0.2) is 77.7 Å². The van der Waals surface area contributed by atoms with Crippen molar-refractivity contribution in [2.24, 2.45) is 0 Å². The van der Waals surface area contributed by atoms with E-state index in [0.29, 0.717) is 37.7 Å². The molecule has 3 aromatic rings. The van der Waals surface area contributed by atoms with Gasteiger partial charge in [0.15, 0.2) is 11.5 Å². The number of hydrogen-bond donors (Lipinski definition) is 0. The molecular weight excluding hydrogens is 506 g/mol. The highest BCUT2D eigenvalue weighted by atomic mass is 32.2. The molecule has 0 aromatic heterocycles. The van der Waals surface area contributed by atoms with Crippen molar-refractivity contribution in [3.63, 3.8) is 0 Å². The molecule has 1 heterocycles. The van der Waals surface area contributed by atoms with Gasteiger partial charge in [0, 0.05) is 44.5 Å². The zero-order valence-corrected chi connectivity index (χ0v) is 22.7. The molecule has 0 bridgehead atoms. The first-order valence-corrected chi connectivity index (χ1v) is 13.7. The van der Waals surface area contributed by atoms with Gasteiger partial charge in [0.05, 0.1) is 32.8 Å². The second-order valence-electron chi connectivity index (χ2n) is 8.84. The van der Waals surface area contributed by atoms with Crippen LogP contribution in [0.25, 0.3) is 0 Å². The highest BCUT2D eigenvalue weighted by Crippen LogP contribution is 2.31. The lowest BCUT2D eigenvalue weighted by molar-refractivity contribution is -0.131. The van der Waals surface area contributed by atoms with Crippen LogP contribution < -0.4 is 19.1 Å². The van der Waals surface area contributed by atoms with E-state index in [1.165, 1.54) is 30.7 Å². The third-order valence-electron chi connectivity index (χ3n) is 6.58. The highest BCUT2D eigenvalue weighted by molar-refractivity contribution is 7.89. The van der Waals surface area contributed by atoms with Crippen molar-refractivity contribution in [1.82, 2.24) is 9.21 Å². The minimum absolute atomic E-state index is 0.0307. The number of benzene rings is 3. The van der Waals surface area contributed by atoms with E-state index in [2.05, 4.69) is 4.90 Å². The number of nitrogens with zero attached hydrogens (tertiary/aromatic N) is 3. The van der Waals surface area contributed by atoms with E-state index >= 15 is 0 Å². The molecular formula is C28H33N3O6S. The van der Waals surface area contributed by atoms with Crippen molar-refractivity contribution >= 4 is 21.6 Å². The molecule has 0 unspecified atom stereocenters. The Kier molecular flexibility index (Phi) is 8.75. The third kappa shape index (κ3) is 6.20. The van der Waals surface area contributed by atoms with E-state index in [9.17, 15) is 13.2 Å². The van der Waals surface area contributed by atoms with Crippen molar-refractivity contribution in [2.75, 3.05) is 59.0 Å². The lowest BCUT2D eigenvalue weighted by Crippen LogP contribution is -2.51. The van der Waals surface area contributed by atoms with Crippen LogP contribution in [0.5, 0.6) is 17.2 Å². The van der Waals surface area contributed by atoms with Crippen LogP contribution in [0.2, 0.25) is 0 Å². The summed E-state index contributed by atoms with van der Waals surface area (Å²) in [6.07, 6.45) is 0. The minimum atomic E-state index is -4.02. The number of amides is 1. The molecule has 38 heavy (non-hydrogen) atoms. The molecule has 1 aliphatic heterocycles. The molecule has 202 valence electrons. The Balaban J connectivity index is 1.51. The molecule has 0 radical (unpaired) electrons. The van der Waals surface area contributed by atoms with Gasteiger partial charge >= 0.3 is 0 Å². The molecule has 0 saturated carbocycles. The summed E-state index contributed by atoms with van der Waals surface area (Å²) in [6, 6.07) is 21.5. The van der Waals surface area contributed by atoms with Crippen LogP contribution in [-0.2, 0) is 21.4 Å². The molecule has 0 atom stereocenters. The second-order valence-corrected chi connectivity index (χ2v) is 10.8. The lowest BCUT2D eigenvalue weighted by Gasteiger charge is -2.37. The molecule has 1 saturated heterocycles. The maximum Gasteiger partial charge on any atom is 0.243 e. The zero-order valence-electron chi connectivity index (χ0n) is 21.9. The van der Waals surface area contributed by atoms with Gasteiger partial charge in [0.25, 0.3) is 0 Å². The lowest BCUT2D eigenvalue weighted by atomic mass is 10.2. The van der Waals surface area contributed by atoms with E-state index in [0.717, 1.165) is 17.0 Å². The third-order valence-corrected chi connectivity index (χ3v) is 8.36. The maximum atomic E-state index is 13.8. The van der Waals surface area contributed by atoms with Gasteiger partial charge in [-0.15, -0.1) is 0 Å². The molecule has 1 fully saturated rings. The number of carbonyl (C=O) groups is 1. The predicted octanol–water partition coefficient (Wildman–Crippen LogP) is 3.25. The smallest absolute Gasteiger partial charge is 0.243 e. The SMILES string of the molecule is COc1ccc(N2CCN(C(=O)CN(Cc3ccccc3)S(=O)(=O)c3ccc(OC)c(OC)c3)CC2)cc1. The first-order chi connectivity index (χ1) is 18.3. The standard InChI is InChI=1S/C28H33N3O6S/c1-35-24-11-9-23(10-12-24)29-15-17-30(18-16-29)28(32)21-31(20-22-7-5-4-6-8-22)38(33,34)25-13-14-26(36-2)27(19-25)37-3/h4-14,19H,15-18,20-21H2,1-3H3. The van der Waals surface area contributed by atoms with Crippen LogP contribution in [0.3, 0.4) is 0 Å². The van der Waals surface area contributed by atoms with Gasteiger partial charge in [0.1, 0.15) is 5.75 Å². The fraction of sp³-hybridized carbons (Fsp3) is 0.321. The van der Waals surface area contributed by atoms with Gasteiger partial charge < -0.3 is 24.0 Å². The molecule has 0 aliphatic carbocycles. The minimum Gasteiger partial charge on any atom is -0.497 e. The molecule has 0 N–H and O–H groups in total. The Morgan fingerprint density at radius 1 is 0.816 bits per heavy atom. The van der Waals surface area contributed by atoms with Crippen LogP contribution >= 0.6 is 0 Å². The Hall–Kier alpha value is -3.76. The Bertz CT molecular complexity index is 1320. The van der Waals surface area contributed by atoms with E-state index in [-0.39, 0.29) is 23.9 Å². The summed E-state index contributed by atoms with van der Waals surface area (Å²) in [5.74, 6) is 1.28. The number of methoxy groups -OCH3 is 3. The molecule has 0 spiro atoms. The summed E-state index contributed by atoms with van der Waals surface area (Å²) in [5, 5.41) is 0. The summed E-state index contributed by atoms with van der Waals surface area (Å²) in [5.41, 5.74) is 1.84. The molecule has 1 amide bonds. The summed E-state index contributed by atoms with van der Waals surface area (Å²) >= 11 is 0. The average Bonchev–Trinajstić information content (AvgIpc) is 2.97. The number of anilines is 1.